The summed E-state index contributed by atoms with van der Waals surface area (Å²) in [5.74, 6) is -0.738. The van der Waals surface area contributed by atoms with Gasteiger partial charge in [0.25, 0.3) is 0 Å². The fraction of sp³-hybridized carbons (Fsp3) is 0.0667. The minimum atomic E-state index is -1.24. The minimum Gasteiger partial charge on any atom is -0.381 e. The van der Waals surface area contributed by atoms with E-state index in [1.807, 2.05) is 42.5 Å². The van der Waals surface area contributed by atoms with Gasteiger partial charge in [0.2, 0.25) is 0 Å². The van der Waals surface area contributed by atoms with E-state index in [0.717, 1.165) is 11.1 Å². The van der Waals surface area contributed by atoms with Crippen LogP contribution in [0.4, 0.5) is 4.39 Å². The number of rotatable bonds is 3. The summed E-state index contributed by atoms with van der Waals surface area (Å²) in [6, 6.07) is 17.0. The molecule has 0 bridgehead atoms. The second-order valence-corrected chi connectivity index (χ2v) is 3.84. The summed E-state index contributed by atoms with van der Waals surface area (Å²) in [4.78, 5) is 0. The molecule has 0 saturated heterocycles. The van der Waals surface area contributed by atoms with E-state index in [-0.39, 0.29) is 0 Å². The molecular weight excluding hydrogens is 215 g/mol. The zero-order chi connectivity index (χ0) is 12.3. The maximum atomic E-state index is 12.8. The Morgan fingerprint density at radius 2 is 1.47 bits per heavy atom. The summed E-state index contributed by atoms with van der Waals surface area (Å²) in [6.45, 7) is 3.10. The van der Waals surface area contributed by atoms with Crippen LogP contribution in [0.2, 0.25) is 0 Å². The number of hydrogen-bond donors (Lipinski definition) is 1. The Hall–Kier alpha value is -1.93. The molecule has 2 aromatic carbocycles. The summed E-state index contributed by atoms with van der Waals surface area (Å²) < 4.78 is 12.8. The molecule has 0 aliphatic rings. The summed E-state index contributed by atoms with van der Waals surface area (Å²) >= 11 is 0. The van der Waals surface area contributed by atoms with E-state index in [9.17, 15) is 9.50 Å². The van der Waals surface area contributed by atoms with Crippen molar-refractivity contribution in [2.45, 2.75) is 6.10 Å². The molecule has 0 saturated carbocycles. The van der Waals surface area contributed by atoms with Crippen molar-refractivity contribution in [3.63, 3.8) is 0 Å². The highest BCUT2D eigenvalue weighted by Crippen LogP contribution is 2.24. The molecule has 0 spiro atoms. The van der Waals surface area contributed by atoms with Crippen molar-refractivity contribution < 1.29 is 9.50 Å². The first kappa shape index (κ1) is 11.6. The van der Waals surface area contributed by atoms with Crippen LogP contribution in [0.15, 0.2) is 67.0 Å². The summed E-state index contributed by atoms with van der Waals surface area (Å²) in [5.41, 5.74) is 2.64. The first-order valence-corrected chi connectivity index (χ1v) is 5.36. The van der Waals surface area contributed by atoms with Crippen LogP contribution in [-0.2, 0) is 0 Å². The second-order valence-electron chi connectivity index (χ2n) is 3.84. The fourth-order valence-electron chi connectivity index (χ4n) is 1.67. The van der Waals surface area contributed by atoms with Crippen LogP contribution < -0.4 is 0 Å². The third-order valence-corrected chi connectivity index (χ3v) is 2.63. The molecule has 86 valence electrons. The molecule has 17 heavy (non-hydrogen) atoms. The zero-order valence-corrected chi connectivity index (χ0v) is 9.31. The Bertz CT molecular complexity index is 502. The molecule has 0 fully saturated rings. The fourth-order valence-corrected chi connectivity index (χ4v) is 1.67. The van der Waals surface area contributed by atoms with E-state index < -0.39 is 11.9 Å². The number of aliphatic hydroxyl groups excluding tert-OH is 1. The van der Waals surface area contributed by atoms with Crippen LogP contribution in [-0.4, -0.2) is 5.11 Å². The van der Waals surface area contributed by atoms with E-state index >= 15 is 0 Å². The van der Waals surface area contributed by atoms with Crippen LogP contribution >= 0.6 is 0 Å². The third-order valence-electron chi connectivity index (χ3n) is 2.63. The highest BCUT2D eigenvalue weighted by molar-refractivity contribution is 5.63. The highest BCUT2D eigenvalue weighted by Gasteiger charge is 2.10. The molecule has 0 amide bonds. The lowest BCUT2D eigenvalue weighted by Crippen LogP contribution is -1.96. The van der Waals surface area contributed by atoms with Gasteiger partial charge in [-0.1, -0.05) is 61.2 Å². The Kier molecular flexibility index (Phi) is 3.35. The smallest absolute Gasteiger partial charge is 0.130 e. The molecule has 0 aliphatic carbocycles. The van der Waals surface area contributed by atoms with Crippen LogP contribution in [0.5, 0.6) is 0 Å². The van der Waals surface area contributed by atoms with E-state index in [0.29, 0.717) is 5.56 Å². The van der Waals surface area contributed by atoms with Gasteiger partial charge < -0.3 is 5.11 Å². The van der Waals surface area contributed by atoms with Crippen molar-refractivity contribution >= 4 is 0 Å². The van der Waals surface area contributed by atoms with Gasteiger partial charge in [-0.15, -0.1) is 0 Å². The predicted molar refractivity (Wildman–Crippen MR) is 67.1 cm³/mol. The molecule has 0 radical (unpaired) electrons. The third kappa shape index (κ3) is 2.60. The van der Waals surface area contributed by atoms with E-state index in [4.69, 9.17) is 0 Å². The van der Waals surface area contributed by atoms with Gasteiger partial charge in [-0.3, -0.25) is 0 Å². The quantitative estimate of drug-likeness (QED) is 0.845. The van der Waals surface area contributed by atoms with Crippen LogP contribution in [0.3, 0.4) is 0 Å². The molecule has 1 N–H and O–H groups in total. The van der Waals surface area contributed by atoms with Crippen LogP contribution in [0, 0.1) is 0 Å². The number of aliphatic hydroxyl groups is 1. The van der Waals surface area contributed by atoms with Gasteiger partial charge in [-0.2, -0.15) is 0 Å². The van der Waals surface area contributed by atoms with Gasteiger partial charge in [0, 0.05) is 0 Å². The van der Waals surface area contributed by atoms with Crippen molar-refractivity contribution in [1.29, 1.82) is 0 Å². The molecular formula is C15H13FO. The monoisotopic (exact) mass is 228 g/mol. The largest absolute Gasteiger partial charge is 0.381 e. The molecule has 2 rings (SSSR count). The summed E-state index contributed by atoms with van der Waals surface area (Å²) in [6.07, 6.45) is -1.24. The van der Waals surface area contributed by atoms with E-state index in [2.05, 4.69) is 6.58 Å². The summed E-state index contributed by atoms with van der Waals surface area (Å²) in [7, 11) is 0. The Morgan fingerprint density at radius 1 is 0.941 bits per heavy atom. The second kappa shape index (κ2) is 4.93. The van der Waals surface area contributed by atoms with Gasteiger partial charge in [-0.05, 0) is 16.7 Å². The Labute approximate surface area is 99.9 Å². The molecule has 1 atom stereocenters. The predicted octanol–water partition coefficient (Wildman–Crippen LogP) is 3.87. The standard InChI is InChI=1S/C15H13FO/c1-11(16)15(17)14-9-7-13(8-10-14)12-5-3-2-4-6-12/h2-10,15,17H,1H2. The maximum Gasteiger partial charge on any atom is 0.130 e. The van der Waals surface area contributed by atoms with Gasteiger partial charge in [0.15, 0.2) is 0 Å². The molecule has 1 unspecified atom stereocenters. The normalized spacial score (nSPS) is 12.1. The number of halogens is 1. The molecule has 2 aromatic rings. The van der Waals surface area contributed by atoms with Crippen LogP contribution in [0.1, 0.15) is 11.7 Å². The molecule has 0 aromatic heterocycles. The topological polar surface area (TPSA) is 20.2 Å². The summed E-state index contributed by atoms with van der Waals surface area (Å²) in [5, 5.41) is 9.48. The van der Waals surface area contributed by atoms with Gasteiger partial charge in [-0.25, -0.2) is 4.39 Å². The average molecular weight is 228 g/mol. The average Bonchev–Trinajstić information content (AvgIpc) is 2.39. The van der Waals surface area contributed by atoms with Crippen LogP contribution in [0.25, 0.3) is 11.1 Å². The van der Waals surface area contributed by atoms with E-state index in [1.54, 1.807) is 12.1 Å². The number of hydrogen-bond acceptors (Lipinski definition) is 1. The zero-order valence-electron chi connectivity index (χ0n) is 9.31. The lowest BCUT2D eigenvalue weighted by Gasteiger charge is -2.09. The lowest BCUT2D eigenvalue weighted by molar-refractivity contribution is 0.187. The Morgan fingerprint density at radius 3 is 2.00 bits per heavy atom. The van der Waals surface area contributed by atoms with E-state index in [1.165, 1.54) is 0 Å². The molecule has 1 nitrogen and oxygen atoms in total. The van der Waals surface area contributed by atoms with Crippen molar-refractivity contribution in [2.24, 2.45) is 0 Å². The number of benzene rings is 2. The molecule has 0 heterocycles. The van der Waals surface area contributed by atoms with Gasteiger partial charge >= 0.3 is 0 Å². The highest BCUT2D eigenvalue weighted by atomic mass is 19.1. The van der Waals surface area contributed by atoms with Crippen molar-refractivity contribution in [1.82, 2.24) is 0 Å². The van der Waals surface area contributed by atoms with Gasteiger partial charge in [0.05, 0.1) is 0 Å². The SMILES string of the molecule is C=C(F)C(O)c1ccc(-c2ccccc2)cc1. The molecule has 0 aliphatic heterocycles. The minimum absolute atomic E-state index is 0.511. The first-order valence-electron chi connectivity index (χ1n) is 5.36. The van der Waals surface area contributed by atoms with Crippen molar-refractivity contribution in [3.8, 4) is 11.1 Å². The lowest BCUT2D eigenvalue weighted by atomic mass is 10.0. The van der Waals surface area contributed by atoms with Crippen molar-refractivity contribution in [2.75, 3.05) is 0 Å². The maximum absolute atomic E-state index is 12.8. The molecule has 2 heteroatoms. The van der Waals surface area contributed by atoms with Gasteiger partial charge in [0.1, 0.15) is 11.9 Å². The van der Waals surface area contributed by atoms with Crippen molar-refractivity contribution in [3.05, 3.63) is 72.6 Å². The first-order chi connectivity index (χ1) is 8.18. The Balaban J connectivity index is 2.28.